The van der Waals surface area contributed by atoms with Crippen LogP contribution in [0.5, 0.6) is 0 Å². The number of aromatic nitrogens is 3. The first-order valence-electron chi connectivity index (χ1n) is 9.33. The second-order valence-corrected chi connectivity index (χ2v) is 9.00. The van der Waals surface area contributed by atoms with Gasteiger partial charge < -0.3 is 9.72 Å². The van der Waals surface area contributed by atoms with E-state index in [4.69, 9.17) is 4.74 Å². The highest BCUT2D eigenvalue weighted by Crippen LogP contribution is 2.30. The molecule has 4 aromatic rings. The van der Waals surface area contributed by atoms with Gasteiger partial charge in [-0.3, -0.25) is 4.79 Å². The lowest BCUT2D eigenvalue weighted by Crippen LogP contribution is -2.17. The van der Waals surface area contributed by atoms with Crippen molar-refractivity contribution in [1.29, 1.82) is 0 Å². The molecule has 0 fully saturated rings. The number of carbonyl (C=O) groups is 1. The van der Waals surface area contributed by atoms with Crippen molar-refractivity contribution in [1.82, 2.24) is 15.0 Å². The van der Waals surface area contributed by atoms with Crippen molar-refractivity contribution in [3.63, 3.8) is 0 Å². The summed E-state index contributed by atoms with van der Waals surface area (Å²) in [6.07, 6.45) is 0.923. The standard InChI is InChI=1S/C22H19N3O3S2/c1-12-14(3)29-21-17(12)19(26)24-18(25-21)13(2)28-22(27)16-10-7-11-23-20(16)30-15-8-5-4-6-9-15/h4-11,13H,1-3H3,(H,24,25,26). The van der Waals surface area contributed by atoms with Crippen LogP contribution in [0, 0.1) is 13.8 Å². The number of ether oxygens (including phenoxy) is 1. The first kappa shape index (κ1) is 20.3. The predicted molar refractivity (Wildman–Crippen MR) is 118 cm³/mol. The molecule has 1 N–H and O–H groups in total. The molecule has 0 aliphatic heterocycles. The zero-order valence-electron chi connectivity index (χ0n) is 16.6. The van der Waals surface area contributed by atoms with E-state index < -0.39 is 12.1 Å². The van der Waals surface area contributed by atoms with E-state index in [0.717, 1.165) is 15.3 Å². The SMILES string of the molecule is Cc1sc2nc(C(C)OC(=O)c3cccnc3Sc3ccccc3)[nH]c(=O)c2c1C. The summed E-state index contributed by atoms with van der Waals surface area (Å²) in [5.41, 5.74) is 1.07. The number of aromatic amines is 1. The number of esters is 1. The van der Waals surface area contributed by atoms with Gasteiger partial charge in [0.25, 0.3) is 5.56 Å². The number of nitrogens with one attached hydrogen (secondary N) is 1. The highest BCUT2D eigenvalue weighted by molar-refractivity contribution is 7.99. The minimum atomic E-state index is -0.716. The van der Waals surface area contributed by atoms with Crippen LogP contribution >= 0.6 is 23.1 Å². The molecule has 0 aliphatic rings. The van der Waals surface area contributed by atoms with Crippen molar-refractivity contribution < 1.29 is 9.53 Å². The number of fused-ring (bicyclic) bond motifs is 1. The summed E-state index contributed by atoms with van der Waals surface area (Å²) in [4.78, 5) is 39.6. The topological polar surface area (TPSA) is 84.9 Å². The smallest absolute Gasteiger partial charge is 0.341 e. The number of aryl methyl sites for hydroxylation is 2. The minimum Gasteiger partial charge on any atom is -0.451 e. The molecule has 1 atom stereocenters. The Hall–Kier alpha value is -2.97. The van der Waals surface area contributed by atoms with Gasteiger partial charge in [-0.15, -0.1) is 11.3 Å². The fourth-order valence-corrected chi connectivity index (χ4v) is 4.90. The van der Waals surface area contributed by atoms with E-state index in [9.17, 15) is 9.59 Å². The molecule has 4 rings (SSSR count). The van der Waals surface area contributed by atoms with Gasteiger partial charge in [0.2, 0.25) is 0 Å². The highest BCUT2D eigenvalue weighted by Gasteiger charge is 2.21. The lowest BCUT2D eigenvalue weighted by Gasteiger charge is -2.14. The van der Waals surface area contributed by atoms with Crippen LogP contribution in [-0.2, 0) is 4.74 Å². The largest absolute Gasteiger partial charge is 0.451 e. The zero-order valence-corrected chi connectivity index (χ0v) is 18.3. The third-order valence-electron chi connectivity index (χ3n) is 4.68. The average Bonchev–Trinajstić information content (AvgIpc) is 3.03. The Balaban J connectivity index is 1.59. The van der Waals surface area contributed by atoms with Gasteiger partial charge in [0.05, 0.1) is 10.9 Å². The third-order valence-corrected chi connectivity index (χ3v) is 6.80. The molecule has 0 aliphatic carbocycles. The lowest BCUT2D eigenvalue weighted by atomic mass is 10.2. The fourth-order valence-electron chi connectivity index (χ4n) is 2.97. The van der Waals surface area contributed by atoms with E-state index in [0.29, 0.717) is 26.6 Å². The summed E-state index contributed by atoms with van der Waals surface area (Å²) in [7, 11) is 0. The van der Waals surface area contributed by atoms with Crippen LogP contribution in [0.3, 0.4) is 0 Å². The monoisotopic (exact) mass is 437 g/mol. The Morgan fingerprint density at radius 2 is 1.93 bits per heavy atom. The van der Waals surface area contributed by atoms with Gasteiger partial charge in [0.15, 0.2) is 11.9 Å². The quantitative estimate of drug-likeness (QED) is 0.439. The molecular formula is C22H19N3O3S2. The Bertz CT molecular complexity index is 1280. The van der Waals surface area contributed by atoms with Gasteiger partial charge in [0.1, 0.15) is 9.86 Å². The Labute approximate surface area is 181 Å². The van der Waals surface area contributed by atoms with E-state index in [1.807, 2.05) is 44.2 Å². The summed E-state index contributed by atoms with van der Waals surface area (Å²) in [5.74, 6) is -0.196. The molecule has 0 saturated heterocycles. The van der Waals surface area contributed by atoms with Gasteiger partial charge in [-0.1, -0.05) is 30.0 Å². The molecule has 8 heteroatoms. The summed E-state index contributed by atoms with van der Waals surface area (Å²) < 4.78 is 5.62. The molecule has 30 heavy (non-hydrogen) atoms. The van der Waals surface area contributed by atoms with Gasteiger partial charge in [-0.2, -0.15) is 0 Å². The normalized spacial score (nSPS) is 12.1. The third kappa shape index (κ3) is 4.01. The highest BCUT2D eigenvalue weighted by atomic mass is 32.2. The fraction of sp³-hybridized carbons (Fsp3) is 0.182. The Kier molecular flexibility index (Phi) is 5.69. The molecular weight excluding hydrogens is 418 g/mol. The first-order valence-corrected chi connectivity index (χ1v) is 11.0. The molecule has 0 amide bonds. The van der Waals surface area contributed by atoms with Crippen LogP contribution < -0.4 is 5.56 Å². The molecule has 1 aromatic carbocycles. The van der Waals surface area contributed by atoms with Gasteiger partial charge in [-0.25, -0.2) is 14.8 Å². The van der Waals surface area contributed by atoms with Gasteiger partial charge in [-0.05, 0) is 50.6 Å². The van der Waals surface area contributed by atoms with Crippen LogP contribution in [0.1, 0.15) is 39.7 Å². The lowest BCUT2D eigenvalue weighted by molar-refractivity contribution is 0.0315. The molecule has 1 unspecified atom stereocenters. The Morgan fingerprint density at radius 3 is 2.70 bits per heavy atom. The molecule has 0 saturated carbocycles. The van der Waals surface area contributed by atoms with Crippen molar-refractivity contribution in [2.75, 3.05) is 0 Å². The molecule has 152 valence electrons. The van der Waals surface area contributed by atoms with Crippen LogP contribution in [0.2, 0.25) is 0 Å². The maximum atomic E-state index is 12.9. The number of nitrogens with zero attached hydrogens (tertiary/aromatic N) is 2. The zero-order chi connectivity index (χ0) is 21.3. The van der Waals surface area contributed by atoms with Crippen LogP contribution in [0.25, 0.3) is 10.2 Å². The molecule has 3 heterocycles. The average molecular weight is 438 g/mol. The second kappa shape index (κ2) is 8.41. The van der Waals surface area contributed by atoms with Gasteiger partial charge in [0, 0.05) is 16.0 Å². The molecule has 6 nitrogen and oxygen atoms in total. The van der Waals surface area contributed by atoms with Gasteiger partial charge >= 0.3 is 5.97 Å². The Morgan fingerprint density at radius 1 is 1.17 bits per heavy atom. The predicted octanol–water partition coefficient (Wildman–Crippen LogP) is 5.07. The van der Waals surface area contributed by atoms with E-state index in [1.54, 1.807) is 25.3 Å². The van der Waals surface area contributed by atoms with Crippen molar-refractivity contribution in [2.24, 2.45) is 0 Å². The van der Waals surface area contributed by atoms with Crippen molar-refractivity contribution >= 4 is 39.3 Å². The number of pyridine rings is 1. The maximum absolute atomic E-state index is 12.9. The number of benzene rings is 1. The van der Waals surface area contributed by atoms with Crippen LogP contribution in [0.4, 0.5) is 0 Å². The van der Waals surface area contributed by atoms with Crippen molar-refractivity contribution in [3.05, 3.63) is 80.8 Å². The van der Waals surface area contributed by atoms with E-state index in [-0.39, 0.29) is 5.56 Å². The first-order chi connectivity index (χ1) is 14.4. The van der Waals surface area contributed by atoms with Crippen molar-refractivity contribution in [3.8, 4) is 0 Å². The number of rotatable bonds is 5. The molecule has 0 spiro atoms. The number of hydrogen-bond donors (Lipinski definition) is 1. The number of H-pyrrole nitrogens is 1. The summed E-state index contributed by atoms with van der Waals surface area (Å²) in [6.45, 7) is 5.55. The van der Waals surface area contributed by atoms with Crippen molar-refractivity contribution in [2.45, 2.75) is 36.8 Å². The number of hydrogen-bond acceptors (Lipinski definition) is 7. The van der Waals surface area contributed by atoms with E-state index >= 15 is 0 Å². The summed E-state index contributed by atoms with van der Waals surface area (Å²) in [6, 6.07) is 13.1. The minimum absolute atomic E-state index is 0.221. The maximum Gasteiger partial charge on any atom is 0.341 e. The molecule has 3 aromatic heterocycles. The molecule has 0 radical (unpaired) electrons. The van der Waals surface area contributed by atoms with E-state index in [1.165, 1.54) is 23.1 Å². The van der Waals surface area contributed by atoms with E-state index in [2.05, 4.69) is 15.0 Å². The number of carbonyl (C=O) groups excluding carboxylic acids is 1. The van der Waals surface area contributed by atoms with Crippen LogP contribution in [0.15, 0.2) is 63.4 Å². The summed E-state index contributed by atoms with van der Waals surface area (Å²) in [5, 5.41) is 1.15. The second-order valence-electron chi connectivity index (χ2n) is 6.73. The van der Waals surface area contributed by atoms with Crippen LogP contribution in [-0.4, -0.2) is 20.9 Å². The molecule has 0 bridgehead atoms. The number of thiophene rings is 1. The summed E-state index contributed by atoms with van der Waals surface area (Å²) >= 11 is 2.85.